The third-order valence-corrected chi connectivity index (χ3v) is 12.0. The number of rotatable bonds is 7. The van der Waals surface area contributed by atoms with Crippen molar-refractivity contribution in [1.29, 1.82) is 0 Å². The van der Waals surface area contributed by atoms with E-state index >= 15 is 0 Å². The lowest BCUT2D eigenvalue weighted by Gasteiger charge is -2.38. The molecular weight excluding hydrogens is 649 g/mol. The van der Waals surface area contributed by atoms with Gasteiger partial charge in [-0.15, -0.1) is 0 Å². The third-order valence-electron chi connectivity index (χ3n) is 12.0. The zero-order valence-electron chi connectivity index (χ0n) is 29.9. The summed E-state index contributed by atoms with van der Waals surface area (Å²) in [5.41, 5.74) is 8.38. The highest BCUT2D eigenvalue weighted by molar-refractivity contribution is 6.08. The first kappa shape index (κ1) is 32.7. The number of carbonyl (C=O) groups is 2. The number of aromatic nitrogens is 3. The summed E-state index contributed by atoms with van der Waals surface area (Å²) in [5, 5.41) is 5.24. The van der Waals surface area contributed by atoms with E-state index in [4.69, 9.17) is 4.98 Å². The van der Waals surface area contributed by atoms with Crippen LogP contribution in [0.25, 0.3) is 32.9 Å². The third kappa shape index (κ3) is 5.98. The van der Waals surface area contributed by atoms with Crippen LogP contribution in [-0.4, -0.2) is 88.0 Å². The quantitative estimate of drug-likeness (QED) is 0.225. The first-order valence-corrected chi connectivity index (χ1v) is 18.8. The number of piperidine rings is 2. The molecule has 3 fully saturated rings. The number of fused-ring (bicyclic) bond motifs is 4. The van der Waals surface area contributed by atoms with Crippen LogP contribution in [0.1, 0.15) is 48.0 Å². The lowest BCUT2D eigenvalue weighted by atomic mass is 9.93. The van der Waals surface area contributed by atoms with Crippen LogP contribution in [0.15, 0.2) is 85.5 Å². The molecule has 1 atom stereocenters. The van der Waals surface area contributed by atoms with Crippen LogP contribution in [0.3, 0.4) is 0 Å². The molecule has 3 saturated heterocycles. The monoisotopic (exact) mass is 694 g/mol. The Morgan fingerprint density at radius 3 is 2.44 bits per heavy atom. The number of nitrogens with one attached hydrogen (secondary N) is 1. The highest BCUT2D eigenvalue weighted by atomic mass is 16.2. The zero-order chi connectivity index (χ0) is 35.3. The minimum absolute atomic E-state index is 0.0385. The van der Waals surface area contributed by atoms with Crippen molar-refractivity contribution in [2.75, 3.05) is 55.6 Å². The Morgan fingerprint density at radius 2 is 1.65 bits per heavy atom. The first-order chi connectivity index (χ1) is 25.4. The summed E-state index contributed by atoms with van der Waals surface area (Å²) in [5.74, 6) is 1.66. The van der Waals surface area contributed by atoms with Crippen LogP contribution in [0.2, 0.25) is 0 Å². The number of benzene rings is 2. The van der Waals surface area contributed by atoms with Crippen molar-refractivity contribution >= 4 is 45.1 Å². The number of amides is 2. The molecule has 52 heavy (non-hydrogen) atoms. The van der Waals surface area contributed by atoms with Crippen LogP contribution >= 0.6 is 0 Å². The summed E-state index contributed by atoms with van der Waals surface area (Å²) < 4.78 is 2.25. The molecule has 0 saturated carbocycles. The molecule has 0 spiro atoms. The Kier molecular flexibility index (Phi) is 8.42. The second-order valence-corrected chi connectivity index (χ2v) is 15.1. The first-order valence-electron chi connectivity index (χ1n) is 18.8. The minimum Gasteiger partial charge on any atom is -0.369 e. The Hall–Kier alpha value is -5.22. The van der Waals surface area contributed by atoms with E-state index in [2.05, 4.69) is 91.7 Å². The number of anilines is 2. The summed E-state index contributed by atoms with van der Waals surface area (Å²) in [6.07, 6.45) is 10.8. The van der Waals surface area contributed by atoms with Crippen LogP contribution in [0.5, 0.6) is 0 Å². The Bertz CT molecular complexity index is 2180. The number of allylic oxidation sites excluding steroid dienone is 1. The second-order valence-electron chi connectivity index (χ2n) is 15.1. The van der Waals surface area contributed by atoms with E-state index in [1.54, 1.807) is 4.90 Å². The van der Waals surface area contributed by atoms with Gasteiger partial charge >= 0.3 is 0 Å². The molecule has 9 rings (SSSR count). The van der Waals surface area contributed by atoms with E-state index in [0.29, 0.717) is 19.4 Å². The van der Waals surface area contributed by atoms with E-state index < -0.39 is 6.04 Å². The second kappa shape index (κ2) is 13.4. The number of piperazine rings is 1. The molecule has 2 aromatic carbocycles. The standard InChI is InChI=1S/C42H46N8O2/c1-28-3-9-38(41(51)45-28)50-27-32-23-33(6-8-34(32)42(50)52)48-21-19-47(20-22-48)16-12-29-13-17-49(18-14-29)40-10-5-31(25-44-40)30-4-7-35-36-26-43-15-11-37(36)46(2)39(35)24-30/h4-8,10-11,15,23-26,29,38H,1,3,9,12-14,16-22,27H2,2H3,(H,45,51). The maximum Gasteiger partial charge on any atom is 0.255 e. The van der Waals surface area contributed by atoms with Crippen LogP contribution in [0, 0.1) is 5.92 Å². The zero-order valence-corrected chi connectivity index (χ0v) is 29.9. The van der Waals surface area contributed by atoms with Gasteiger partial charge in [0.15, 0.2) is 0 Å². The molecule has 0 radical (unpaired) electrons. The van der Waals surface area contributed by atoms with Gasteiger partial charge in [-0.25, -0.2) is 4.98 Å². The molecule has 4 aliphatic rings. The Morgan fingerprint density at radius 1 is 0.827 bits per heavy atom. The van der Waals surface area contributed by atoms with Crippen LogP contribution in [-0.2, 0) is 18.4 Å². The number of hydrogen-bond donors (Lipinski definition) is 1. The average molecular weight is 695 g/mol. The minimum atomic E-state index is -0.421. The topological polar surface area (TPSA) is 89.8 Å². The summed E-state index contributed by atoms with van der Waals surface area (Å²) in [6, 6.07) is 18.9. The van der Waals surface area contributed by atoms with Crippen molar-refractivity contribution in [3.8, 4) is 11.1 Å². The van der Waals surface area contributed by atoms with E-state index in [1.807, 2.05) is 24.7 Å². The van der Waals surface area contributed by atoms with Gasteiger partial charge in [-0.1, -0.05) is 18.7 Å². The fraction of sp³-hybridized carbons (Fsp3) is 0.381. The summed E-state index contributed by atoms with van der Waals surface area (Å²) in [4.78, 5) is 44.2. The molecule has 3 aromatic heterocycles. The number of pyridine rings is 2. The van der Waals surface area contributed by atoms with Crippen molar-refractivity contribution in [3.63, 3.8) is 0 Å². The average Bonchev–Trinajstić information content (AvgIpc) is 3.66. The van der Waals surface area contributed by atoms with Gasteiger partial charge in [-0.05, 0) is 98.2 Å². The molecule has 0 bridgehead atoms. The van der Waals surface area contributed by atoms with Crippen molar-refractivity contribution in [2.45, 2.75) is 44.7 Å². The maximum absolute atomic E-state index is 13.2. The molecule has 4 aliphatic heterocycles. The lowest BCUT2D eigenvalue weighted by molar-refractivity contribution is -0.126. The molecule has 266 valence electrons. The molecule has 10 nitrogen and oxygen atoms in total. The highest BCUT2D eigenvalue weighted by Crippen LogP contribution is 2.34. The molecule has 0 aliphatic carbocycles. The molecule has 5 aromatic rings. The number of aryl methyl sites for hydroxylation is 1. The predicted molar refractivity (Wildman–Crippen MR) is 206 cm³/mol. The smallest absolute Gasteiger partial charge is 0.255 e. The molecule has 7 heterocycles. The number of hydrogen-bond acceptors (Lipinski definition) is 7. The van der Waals surface area contributed by atoms with Crippen molar-refractivity contribution in [2.24, 2.45) is 13.0 Å². The van der Waals surface area contributed by atoms with Gasteiger partial charge in [0, 0.05) is 110 Å². The van der Waals surface area contributed by atoms with Crippen LogP contribution < -0.4 is 15.1 Å². The Balaban J connectivity index is 0.741. The largest absolute Gasteiger partial charge is 0.369 e. The van der Waals surface area contributed by atoms with E-state index in [1.165, 1.54) is 52.3 Å². The van der Waals surface area contributed by atoms with Gasteiger partial charge < -0.3 is 24.6 Å². The number of carbonyl (C=O) groups excluding carboxylic acids is 2. The molecular formula is C42H46N8O2. The summed E-state index contributed by atoms with van der Waals surface area (Å²) in [6.45, 7) is 11.7. The van der Waals surface area contributed by atoms with E-state index in [-0.39, 0.29) is 11.8 Å². The van der Waals surface area contributed by atoms with Gasteiger partial charge in [0.2, 0.25) is 5.91 Å². The maximum atomic E-state index is 13.2. The van der Waals surface area contributed by atoms with Crippen molar-refractivity contribution < 1.29 is 9.59 Å². The van der Waals surface area contributed by atoms with Crippen molar-refractivity contribution in [3.05, 3.63) is 96.6 Å². The Labute approximate surface area is 304 Å². The van der Waals surface area contributed by atoms with Gasteiger partial charge in [0.05, 0.1) is 5.52 Å². The fourth-order valence-electron chi connectivity index (χ4n) is 8.86. The fourth-order valence-corrected chi connectivity index (χ4v) is 8.86. The highest BCUT2D eigenvalue weighted by Gasteiger charge is 2.38. The number of nitrogens with zero attached hydrogens (tertiary/aromatic N) is 7. The molecule has 10 heteroatoms. The van der Waals surface area contributed by atoms with Gasteiger partial charge in [0.1, 0.15) is 11.9 Å². The SMILES string of the molecule is C=C1CCC(N2Cc3cc(N4CCN(CCC5CCN(c6ccc(-c7ccc8c9cnccc9n(C)c8c7)cn6)CC5)CC4)ccc3C2=O)C(=O)N1. The van der Waals surface area contributed by atoms with E-state index in [0.717, 1.165) is 79.9 Å². The van der Waals surface area contributed by atoms with Gasteiger partial charge in [0.25, 0.3) is 5.91 Å². The molecule has 1 N–H and O–H groups in total. The summed E-state index contributed by atoms with van der Waals surface area (Å²) in [7, 11) is 2.12. The van der Waals surface area contributed by atoms with Crippen LogP contribution in [0.4, 0.5) is 11.5 Å². The van der Waals surface area contributed by atoms with Gasteiger partial charge in [-0.2, -0.15) is 0 Å². The lowest BCUT2D eigenvalue weighted by Crippen LogP contribution is -2.49. The molecule has 1 unspecified atom stereocenters. The summed E-state index contributed by atoms with van der Waals surface area (Å²) >= 11 is 0. The van der Waals surface area contributed by atoms with Crippen molar-refractivity contribution in [1.82, 2.24) is 29.7 Å². The normalized spacial score (nSPS) is 20.3. The molecule has 2 amide bonds. The van der Waals surface area contributed by atoms with Gasteiger partial charge in [-0.3, -0.25) is 19.5 Å². The predicted octanol–water partition coefficient (Wildman–Crippen LogP) is 5.97. The van der Waals surface area contributed by atoms with E-state index in [9.17, 15) is 9.59 Å².